The quantitative estimate of drug-likeness (QED) is 0.408. The lowest BCUT2D eigenvalue weighted by Gasteiger charge is -2.28. The van der Waals surface area contributed by atoms with Gasteiger partial charge in [-0.25, -0.2) is 9.59 Å². The van der Waals surface area contributed by atoms with Crippen LogP contribution in [0.5, 0.6) is 0 Å². The minimum absolute atomic E-state index is 0.0617. The average molecular weight is 390 g/mol. The van der Waals surface area contributed by atoms with Gasteiger partial charge < -0.3 is 19.5 Å². The van der Waals surface area contributed by atoms with Crippen molar-refractivity contribution < 1.29 is 28.7 Å². The maximum absolute atomic E-state index is 12.7. The molecule has 1 unspecified atom stereocenters. The second-order valence-electron chi connectivity index (χ2n) is 5.80. The Balaban J connectivity index is 2.66. The monoisotopic (exact) mass is 390 g/mol. The number of esters is 2. The Bertz CT molecular complexity index is 829. The molecule has 1 heterocycles. The molecule has 1 aromatic rings. The fourth-order valence-corrected chi connectivity index (χ4v) is 2.92. The van der Waals surface area contributed by atoms with E-state index in [1.165, 1.54) is 31.5 Å². The molecule has 2 rings (SSSR count). The third kappa shape index (κ3) is 4.55. The number of carbonyl (C=O) groups is 2. The first kappa shape index (κ1) is 21.1. The number of hydrogen-bond donors (Lipinski definition) is 1. The summed E-state index contributed by atoms with van der Waals surface area (Å²) in [6.07, 6.45) is 1.43. The highest BCUT2D eigenvalue weighted by molar-refractivity contribution is 5.99. The molecule has 1 N–H and O–H groups in total. The van der Waals surface area contributed by atoms with Crippen LogP contribution in [0.4, 0.5) is 5.69 Å². The number of benzene rings is 1. The largest absolute Gasteiger partial charge is 0.463 e. The zero-order valence-electron chi connectivity index (χ0n) is 15.9. The molecule has 1 aliphatic rings. The third-order valence-corrected chi connectivity index (χ3v) is 4.04. The summed E-state index contributed by atoms with van der Waals surface area (Å²) in [7, 11) is 1.46. The number of nitrogens with one attached hydrogen (secondary N) is 1. The molecule has 9 heteroatoms. The van der Waals surface area contributed by atoms with Crippen LogP contribution in [0.15, 0.2) is 47.3 Å². The van der Waals surface area contributed by atoms with E-state index in [2.05, 4.69) is 5.32 Å². The van der Waals surface area contributed by atoms with Crippen LogP contribution in [0.2, 0.25) is 0 Å². The molecule has 1 aliphatic heterocycles. The van der Waals surface area contributed by atoms with Gasteiger partial charge in [0.25, 0.3) is 5.69 Å². The van der Waals surface area contributed by atoms with E-state index in [-0.39, 0.29) is 36.7 Å². The smallest absolute Gasteiger partial charge is 0.336 e. The Labute approximate surface area is 162 Å². The number of carbonyl (C=O) groups excluding carboxylic acids is 2. The van der Waals surface area contributed by atoms with Gasteiger partial charge in [-0.05, 0) is 19.4 Å². The second kappa shape index (κ2) is 9.65. The summed E-state index contributed by atoms with van der Waals surface area (Å²) < 4.78 is 15.4. The van der Waals surface area contributed by atoms with Crippen molar-refractivity contribution in [3.8, 4) is 0 Å². The minimum Gasteiger partial charge on any atom is -0.463 e. The molecule has 0 fully saturated rings. The van der Waals surface area contributed by atoms with Gasteiger partial charge in [-0.15, -0.1) is 0 Å². The van der Waals surface area contributed by atoms with E-state index >= 15 is 0 Å². The van der Waals surface area contributed by atoms with Gasteiger partial charge in [-0.2, -0.15) is 0 Å². The van der Waals surface area contributed by atoms with E-state index in [0.717, 1.165) is 0 Å². The summed E-state index contributed by atoms with van der Waals surface area (Å²) in [5.74, 6) is -2.18. The predicted molar refractivity (Wildman–Crippen MR) is 99.2 cm³/mol. The summed E-state index contributed by atoms with van der Waals surface area (Å²) in [6.45, 7) is 3.65. The van der Waals surface area contributed by atoms with Crippen LogP contribution >= 0.6 is 0 Å². The lowest BCUT2D eigenvalue weighted by atomic mass is 9.81. The van der Waals surface area contributed by atoms with Gasteiger partial charge in [-0.3, -0.25) is 10.1 Å². The number of nitro benzene ring substituents is 1. The van der Waals surface area contributed by atoms with Crippen molar-refractivity contribution in [2.75, 3.05) is 26.9 Å². The van der Waals surface area contributed by atoms with Gasteiger partial charge in [0.1, 0.15) is 0 Å². The molecule has 0 radical (unpaired) electrons. The summed E-state index contributed by atoms with van der Waals surface area (Å²) in [5.41, 5.74) is 0.938. The zero-order valence-corrected chi connectivity index (χ0v) is 15.9. The summed E-state index contributed by atoms with van der Waals surface area (Å²) in [4.78, 5) is 35.9. The van der Waals surface area contributed by atoms with Gasteiger partial charge in [0.2, 0.25) is 0 Å². The maximum atomic E-state index is 12.7. The van der Waals surface area contributed by atoms with Crippen molar-refractivity contribution in [2.24, 2.45) is 0 Å². The normalized spacial score (nSPS) is 16.1. The van der Waals surface area contributed by atoms with Crippen molar-refractivity contribution in [1.82, 2.24) is 5.32 Å². The van der Waals surface area contributed by atoms with Crippen LogP contribution in [-0.4, -0.2) is 43.8 Å². The molecule has 0 amide bonds. The van der Waals surface area contributed by atoms with Crippen molar-refractivity contribution in [3.05, 3.63) is 63.0 Å². The fourth-order valence-electron chi connectivity index (χ4n) is 2.92. The third-order valence-electron chi connectivity index (χ3n) is 4.04. The molecule has 0 spiro atoms. The SMILES string of the molecule is CCOC(=O)C1=CNC(COC)=C(C(=O)OCC)C1c1cccc([N+](=O)[O-])c1. The molecular formula is C19H22N2O7. The molecule has 28 heavy (non-hydrogen) atoms. The number of non-ortho nitro benzene ring substituents is 1. The maximum Gasteiger partial charge on any atom is 0.336 e. The Morgan fingerprint density at radius 3 is 2.46 bits per heavy atom. The Morgan fingerprint density at radius 2 is 1.86 bits per heavy atom. The van der Waals surface area contributed by atoms with Crippen molar-refractivity contribution in [1.29, 1.82) is 0 Å². The highest BCUT2D eigenvalue weighted by Crippen LogP contribution is 2.38. The number of dihydropyridines is 1. The molecule has 150 valence electrons. The highest BCUT2D eigenvalue weighted by atomic mass is 16.6. The second-order valence-corrected chi connectivity index (χ2v) is 5.80. The first-order valence-corrected chi connectivity index (χ1v) is 8.71. The molecule has 0 aromatic heterocycles. The number of ether oxygens (including phenoxy) is 3. The van der Waals surface area contributed by atoms with E-state index in [9.17, 15) is 19.7 Å². The first-order valence-electron chi connectivity index (χ1n) is 8.71. The number of hydrogen-bond acceptors (Lipinski definition) is 8. The van der Waals surface area contributed by atoms with Crippen LogP contribution in [-0.2, 0) is 23.8 Å². The molecule has 0 saturated carbocycles. The summed E-state index contributed by atoms with van der Waals surface area (Å²) >= 11 is 0. The molecular weight excluding hydrogens is 368 g/mol. The van der Waals surface area contributed by atoms with Crippen molar-refractivity contribution >= 4 is 17.6 Å². The number of nitrogens with zero attached hydrogens (tertiary/aromatic N) is 1. The average Bonchev–Trinajstić information content (AvgIpc) is 2.68. The van der Waals surface area contributed by atoms with Crippen molar-refractivity contribution in [3.63, 3.8) is 0 Å². The van der Waals surface area contributed by atoms with Crippen LogP contribution < -0.4 is 5.32 Å². The van der Waals surface area contributed by atoms with Crippen LogP contribution in [0, 0.1) is 10.1 Å². The number of nitro groups is 1. The van der Waals surface area contributed by atoms with Crippen LogP contribution in [0.3, 0.4) is 0 Å². The van der Waals surface area contributed by atoms with Gasteiger partial charge in [0, 0.05) is 25.4 Å². The van der Waals surface area contributed by atoms with E-state index < -0.39 is 22.8 Å². The van der Waals surface area contributed by atoms with E-state index in [0.29, 0.717) is 11.3 Å². The molecule has 0 bridgehead atoms. The van der Waals surface area contributed by atoms with Gasteiger partial charge in [0.15, 0.2) is 0 Å². The summed E-state index contributed by atoms with van der Waals surface area (Å²) in [6, 6.07) is 5.77. The summed E-state index contributed by atoms with van der Waals surface area (Å²) in [5, 5.41) is 14.1. The molecule has 0 aliphatic carbocycles. The Hall–Kier alpha value is -3.20. The standard InChI is InChI=1S/C19H22N2O7/c1-4-27-18(22)14-10-20-15(11-26-3)17(19(23)28-5-2)16(14)12-7-6-8-13(9-12)21(24)25/h6-10,16,20H,4-5,11H2,1-3H3. The van der Waals surface area contributed by atoms with Crippen LogP contribution in [0.25, 0.3) is 0 Å². The lowest BCUT2D eigenvalue weighted by Crippen LogP contribution is -2.32. The van der Waals surface area contributed by atoms with Crippen LogP contribution in [0.1, 0.15) is 25.3 Å². The molecule has 9 nitrogen and oxygen atoms in total. The van der Waals surface area contributed by atoms with E-state index in [4.69, 9.17) is 14.2 Å². The van der Waals surface area contributed by atoms with E-state index in [1.807, 2.05) is 0 Å². The Kier molecular flexibility index (Phi) is 7.28. The first-order chi connectivity index (χ1) is 13.4. The number of rotatable bonds is 8. The topological polar surface area (TPSA) is 117 Å². The van der Waals surface area contributed by atoms with Gasteiger partial charge in [0.05, 0.1) is 47.5 Å². The highest BCUT2D eigenvalue weighted by Gasteiger charge is 2.37. The van der Waals surface area contributed by atoms with Crippen molar-refractivity contribution in [2.45, 2.75) is 19.8 Å². The lowest BCUT2D eigenvalue weighted by molar-refractivity contribution is -0.384. The number of methoxy groups -OCH3 is 1. The van der Waals surface area contributed by atoms with Gasteiger partial charge >= 0.3 is 11.9 Å². The van der Waals surface area contributed by atoms with E-state index in [1.54, 1.807) is 19.9 Å². The molecule has 1 atom stereocenters. The molecule has 0 saturated heterocycles. The zero-order chi connectivity index (χ0) is 20.7. The molecule has 1 aromatic carbocycles. The fraction of sp³-hybridized carbons (Fsp3) is 0.368. The minimum atomic E-state index is -0.899. The Morgan fingerprint density at radius 1 is 1.18 bits per heavy atom. The predicted octanol–water partition coefficient (Wildman–Crippen LogP) is 2.19. The van der Waals surface area contributed by atoms with Gasteiger partial charge in [-0.1, -0.05) is 12.1 Å².